The number of fused-ring (bicyclic) bond motifs is 1. The Morgan fingerprint density at radius 2 is 1.61 bits per heavy atom. The quantitative estimate of drug-likeness (QED) is 0.0615. The molecular formula is C35H40N6O8PS+. The van der Waals surface area contributed by atoms with Crippen molar-refractivity contribution >= 4 is 42.5 Å². The highest BCUT2D eigenvalue weighted by Crippen LogP contribution is 2.44. The number of aromatic nitrogens is 4. The highest BCUT2D eigenvalue weighted by Gasteiger charge is 2.45. The van der Waals surface area contributed by atoms with Crippen LogP contribution in [0.15, 0.2) is 90.0 Å². The third-order valence-corrected chi connectivity index (χ3v) is 9.24. The molecule has 3 aromatic carbocycles. The standard InChI is InChI=1S/C35H36N5O8PS.H3N/c1-21(2)31(41)38-34-37-30-29(32(42)39-34)36-20-40(30)33-28(48-49(43)50)18-27(47-33)19-46-35(22-8-6-5-7-9-22,23-10-14-25(44-3)15-11-23)24-12-16-26(45-4)17-13-24;/h5-17,20-21,27-28,33H,18-19H2,1-4H3,(H2-,37,38,39,41,42,43,50);1H3/p+1/t27-,28+,33+;/m0./s1. The Morgan fingerprint density at radius 3 is 2.16 bits per heavy atom. The lowest BCUT2D eigenvalue weighted by molar-refractivity contribution is -0.118. The Balaban J connectivity index is 0.00000504. The number of nitrogens with one attached hydrogen (secondary N) is 2. The number of rotatable bonds is 13. The fraction of sp³-hybridized carbons (Fsp3) is 0.314. The van der Waals surface area contributed by atoms with Crippen molar-refractivity contribution in [2.45, 2.75) is 44.3 Å². The maximum Gasteiger partial charge on any atom is 0.582 e. The Kier molecular flexibility index (Phi) is 11.9. The minimum Gasteiger partial charge on any atom is -0.497 e. The molecule has 1 saturated heterocycles. The second kappa shape index (κ2) is 16.1. The van der Waals surface area contributed by atoms with Gasteiger partial charge in [-0.25, -0.2) is 4.98 Å². The number of methoxy groups -OCH3 is 2. The van der Waals surface area contributed by atoms with Crippen LogP contribution < -0.4 is 26.5 Å². The number of aromatic amines is 1. The first-order valence-corrected chi connectivity index (χ1v) is 18.2. The van der Waals surface area contributed by atoms with Crippen molar-refractivity contribution in [3.8, 4) is 11.5 Å². The first kappa shape index (κ1) is 37.6. The van der Waals surface area contributed by atoms with E-state index >= 15 is 0 Å². The number of thiol groups is 1. The molecule has 3 heterocycles. The van der Waals surface area contributed by atoms with Gasteiger partial charge in [-0.3, -0.25) is 24.5 Å². The molecule has 5 aromatic rings. The van der Waals surface area contributed by atoms with E-state index in [1.165, 1.54) is 10.9 Å². The highest BCUT2D eigenvalue weighted by molar-refractivity contribution is 8.39. The zero-order valence-electron chi connectivity index (χ0n) is 28.5. The summed E-state index contributed by atoms with van der Waals surface area (Å²) < 4.78 is 44.1. The van der Waals surface area contributed by atoms with E-state index in [1.807, 2.05) is 78.9 Å². The molecule has 2 aromatic heterocycles. The van der Waals surface area contributed by atoms with E-state index in [9.17, 15) is 14.2 Å². The SMILES string of the molecule is COc1ccc(C(OC[C@@H]2C[C@@H](O[P+](=O)S)[C@H](n3cnc4c(=O)[nH]c(NC(=O)C(C)C)nc43)O2)(c2ccccc2)c2ccc(OC)cc2)cc1.N. The molecule has 51 heavy (non-hydrogen) atoms. The van der Waals surface area contributed by atoms with Crippen LogP contribution in [0.1, 0.15) is 43.2 Å². The molecular weight excluding hydrogens is 695 g/mol. The summed E-state index contributed by atoms with van der Waals surface area (Å²) in [6.07, 6.45) is -0.588. The van der Waals surface area contributed by atoms with Crippen molar-refractivity contribution in [3.05, 3.63) is 112 Å². The average molecular weight is 736 g/mol. The Morgan fingerprint density at radius 1 is 1.02 bits per heavy atom. The summed E-state index contributed by atoms with van der Waals surface area (Å²) >= 11 is 4.01. The molecule has 16 heteroatoms. The summed E-state index contributed by atoms with van der Waals surface area (Å²) in [6, 6.07) is 25.2. The second-order valence-electron chi connectivity index (χ2n) is 12.0. The average Bonchev–Trinajstić information content (AvgIpc) is 3.73. The van der Waals surface area contributed by atoms with Crippen LogP contribution in [0.25, 0.3) is 11.2 Å². The predicted molar refractivity (Wildman–Crippen MR) is 195 cm³/mol. The summed E-state index contributed by atoms with van der Waals surface area (Å²) in [7, 11) is 0.889. The maximum atomic E-state index is 12.9. The van der Waals surface area contributed by atoms with Gasteiger partial charge in [0.15, 0.2) is 23.5 Å². The Hall–Kier alpha value is -4.63. The van der Waals surface area contributed by atoms with Crippen molar-refractivity contribution in [3.63, 3.8) is 0 Å². The summed E-state index contributed by atoms with van der Waals surface area (Å²) in [5.41, 5.74) is 1.09. The van der Waals surface area contributed by atoms with Crippen LogP contribution in [0.3, 0.4) is 0 Å². The molecule has 6 rings (SSSR count). The number of nitrogens with zero attached hydrogens (tertiary/aromatic N) is 3. The number of carbonyl (C=O) groups excluding carboxylic acids is 1. The van der Waals surface area contributed by atoms with Crippen molar-refractivity contribution in [2.75, 3.05) is 26.1 Å². The van der Waals surface area contributed by atoms with Gasteiger partial charge in [-0.05, 0) is 45.5 Å². The lowest BCUT2D eigenvalue weighted by atomic mass is 9.80. The number of H-pyrrole nitrogens is 1. The van der Waals surface area contributed by atoms with Gasteiger partial charge >= 0.3 is 7.23 Å². The molecule has 5 N–H and O–H groups in total. The Bertz CT molecular complexity index is 1980. The lowest BCUT2D eigenvalue weighted by Gasteiger charge is -2.37. The number of carbonyl (C=O) groups is 1. The molecule has 1 aliphatic rings. The molecule has 1 amide bonds. The number of benzene rings is 3. The van der Waals surface area contributed by atoms with Gasteiger partial charge in [0.25, 0.3) is 5.56 Å². The number of hydrogen-bond donors (Lipinski definition) is 4. The fourth-order valence-electron chi connectivity index (χ4n) is 6.00. The number of anilines is 1. The van der Waals surface area contributed by atoms with Crippen LogP contribution in [0.2, 0.25) is 0 Å². The first-order chi connectivity index (χ1) is 24.1. The van der Waals surface area contributed by atoms with Crippen molar-refractivity contribution in [1.29, 1.82) is 0 Å². The summed E-state index contributed by atoms with van der Waals surface area (Å²) in [6.45, 7) is 3.52. The van der Waals surface area contributed by atoms with E-state index in [2.05, 4.69) is 32.5 Å². The monoisotopic (exact) mass is 735 g/mol. The molecule has 1 fully saturated rings. The molecule has 1 unspecified atom stereocenters. The van der Waals surface area contributed by atoms with Crippen molar-refractivity contribution < 1.29 is 32.8 Å². The highest BCUT2D eigenvalue weighted by atomic mass is 32.7. The summed E-state index contributed by atoms with van der Waals surface area (Å²) in [5.74, 6) is 0.686. The van der Waals surface area contributed by atoms with E-state index < -0.39 is 36.8 Å². The number of amides is 1. The maximum absolute atomic E-state index is 12.9. The fourth-order valence-corrected chi connectivity index (χ4v) is 6.79. The number of ether oxygens (including phenoxy) is 4. The zero-order chi connectivity index (χ0) is 35.4. The van der Waals surface area contributed by atoms with Gasteiger partial charge in [-0.1, -0.05) is 68.4 Å². The van der Waals surface area contributed by atoms with Crippen LogP contribution in [0, 0.1) is 5.92 Å². The van der Waals surface area contributed by atoms with E-state index in [4.69, 9.17) is 23.5 Å². The zero-order valence-corrected chi connectivity index (χ0v) is 30.3. The molecule has 0 saturated carbocycles. The first-order valence-electron chi connectivity index (χ1n) is 15.9. The largest absolute Gasteiger partial charge is 0.582 e. The lowest BCUT2D eigenvalue weighted by Crippen LogP contribution is -2.35. The smallest absolute Gasteiger partial charge is 0.497 e. The summed E-state index contributed by atoms with van der Waals surface area (Å²) in [4.78, 5) is 36.6. The Labute approximate surface area is 300 Å². The van der Waals surface area contributed by atoms with Gasteiger partial charge in [0.1, 0.15) is 29.3 Å². The molecule has 0 aliphatic carbocycles. The van der Waals surface area contributed by atoms with E-state index in [1.54, 1.807) is 28.1 Å². The van der Waals surface area contributed by atoms with Crippen LogP contribution in [0.4, 0.5) is 5.95 Å². The molecule has 0 bridgehead atoms. The van der Waals surface area contributed by atoms with Crippen LogP contribution in [-0.4, -0.2) is 58.5 Å². The topological polar surface area (TPSA) is 191 Å². The van der Waals surface area contributed by atoms with Crippen molar-refractivity contribution in [1.82, 2.24) is 25.7 Å². The van der Waals surface area contributed by atoms with Crippen molar-refractivity contribution in [2.24, 2.45) is 5.92 Å². The third kappa shape index (κ3) is 7.83. The number of imidazole rings is 1. The van der Waals surface area contributed by atoms with Crippen LogP contribution >= 0.6 is 19.5 Å². The minimum absolute atomic E-state index is 0. The van der Waals surface area contributed by atoms with Gasteiger partial charge in [-0.2, -0.15) is 4.98 Å². The van der Waals surface area contributed by atoms with Crippen LogP contribution in [-0.2, 0) is 29.0 Å². The van der Waals surface area contributed by atoms with E-state index in [0.717, 1.165) is 16.7 Å². The number of hydrogen-bond acceptors (Lipinski definition) is 11. The van der Waals surface area contributed by atoms with Gasteiger partial charge in [0, 0.05) is 12.3 Å². The van der Waals surface area contributed by atoms with Gasteiger partial charge in [-0.15, -0.1) is 4.52 Å². The molecule has 4 atom stereocenters. The summed E-state index contributed by atoms with van der Waals surface area (Å²) in [5, 5.41) is 2.62. The van der Waals surface area contributed by atoms with E-state index in [0.29, 0.717) is 11.5 Å². The van der Waals surface area contributed by atoms with E-state index in [-0.39, 0.29) is 48.1 Å². The molecule has 1 aliphatic heterocycles. The van der Waals surface area contributed by atoms with Crippen LogP contribution in [0.5, 0.6) is 11.5 Å². The molecule has 268 valence electrons. The molecule has 0 spiro atoms. The second-order valence-corrected chi connectivity index (χ2v) is 13.6. The van der Waals surface area contributed by atoms with Gasteiger partial charge in [0.05, 0.1) is 33.3 Å². The molecule has 0 radical (unpaired) electrons. The van der Waals surface area contributed by atoms with Gasteiger partial charge < -0.3 is 25.1 Å². The minimum atomic E-state index is -2.34. The molecule has 14 nitrogen and oxygen atoms in total. The predicted octanol–water partition coefficient (Wildman–Crippen LogP) is 6.16. The normalized spacial score (nSPS) is 17.6. The van der Waals surface area contributed by atoms with Gasteiger partial charge in [0.2, 0.25) is 11.9 Å². The third-order valence-electron chi connectivity index (χ3n) is 8.50.